The predicted molar refractivity (Wildman–Crippen MR) is 123 cm³/mol. The summed E-state index contributed by atoms with van der Waals surface area (Å²) in [6.07, 6.45) is 2.09. The Labute approximate surface area is 184 Å². The molecule has 0 heterocycles. The molecular weight excluding hydrogens is 398 g/mol. The third kappa shape index (κ3) is 5.14. The van der Waals surface area contributed by atoms with Gasteiger partial charge in [0.05, 0.1) is 10.6 Å². The molecule has 0 aliphatic heterocycles. The molecule has 2 aromatic carbocycles. The van der Waals surface area contributed by atoms with E-state index in [4.69, 9.17) is 11.6 Å². The molecule has 0 atom stereocenters. The minimum Gasteiger partial charge on any atom is -0.377 e. The number of nitrogens with one attached hydrogen (secondary N) is 1. The number of rotatable bonds is 6. The highest BCUT2D eigenvalue weighted by Gasteiger charge is 2.37. The average Bonchev–Trinajstić information content (AvgIpc) is 3.50. The molecule has 1 N–H and O–H groups in total. The number of halogens is 1. The number of anilines is 2. The van der Waals surface area contributed by atoms with E-state index in [0.717, 1.165) is 24.1 Å². The van der Waals surface area contributed by atoms with Crippen molar-refractivity contribution in [1.82, 2.24) is 4.90 Å². The first-order valence-corrected chi connectivity index (χ1v) is 10.6. The van der Waals surface area contributed by atoms with E-state index in [1.54, 1.807) is 24.3 Å². The van der Waals surface area contributed by atoms with Gasteiger partial charge in [-0.2, -0.15) is 0 Å². The standard InChI is InChI=1S/C24H30ClN3O2/c1-24(2,3)23(30)28(18-11-12-18)15-16-14-17(10-13-21(16)27(4)5)26-22(29)19-8-6-7-9-20(19)25/h6-10,13-14,18H,11-12,15H2,1-5H3,(H,26,29). The maximum atomic E-state index is 13.0. The largest absolute Gasteiger partial charge is 0.377 e. The molecule has 5 nitrogen and oxygen atoms in total. The molecule has 3 rings (SSSR count). The van der Waals surface area contributed by atoms with Crippen LogP contribution in [0.15, 0.2) is 42.5 Å². The van der Waals surface area contributed by atoms with Gasteiger partial charge in [0.25, 0.3) is 5.91 Å². The number of nitrogens with zero attached hydrogens (tertiary/aromatic N) is 2. The van der Waals surface area contributed by atoms with E-state index < -0.39 is 5.41 Å². The number of carbonyl (C=O) groups excluding carboxylic acids is 2. The van der Waals surface area contributed by atoms with Gasteiger partial charge in [-0.15, -0.1) is 0 Å². The lowest BCUT2D eigenvalue weighted by Gasteiger charge is -2.31. The molecular formula is C24H30ClN3O2. The third-order valence-corrected chi connectivity index (χ3v) is 5.50. The van der Waals surface area contributed by atoms with Crippen molar-refractivity contribution in [2.24, 2.45) is 5.41 Å². The van der Waals surface area contributed by atoms with Crippen LogP contribution in [-0.4, -0.2) is 36.9 Å². The molecule has 0 unspecified atom stereocenters. The normalized spacial score (nSPS) is 13.7. The molecule has 2 aromatic rings. The number of carbonyl (C=O) groups is 2. The Morgan fingerprint density at radius 1 is 1.10 bits per heavy atom. The molecule has 0 radical (unpaired) electrons. The van der Waals surface area contributed by atoms with E-state index in [9.17, 15) is 9.59 Å². The number of hydrogen-bond donors (Lipinski definition) is 1. The van der Waals surface area contributed by atoms with E-state index in [1.165, 1.54) is 0 Å². The zero-order chi connectivity index (χ0) is 22.1. The highest BCUT2D eigenvalue weighted by atomic mass is 35.5. The molecule has 1 saturated carbocycles. The molecule has 2 amide bonds. The molecule has 1 aliphatic rings. The van der Waals surface area contributed by atoms with Gasteiger partial charge in [-0.1, -0.05) is 44.5 Å². The lowest BCUT2D eigenvalue weighted by atomic mass is 9.94. The van der Waals surface area contributed by atoms with Crippen LogP contribution in [0.5, 0.6) is 0 Å². The number of benzene rings is 2. The quantitative estimate of drug-likeness (QED) is 0.689. The van der Waals surface area contributed by atoms with Crippen LogP contribution < -0.4 is 10.2 Å². The summed E-state index contributed by atoms with van der Waals surface area (Å²) in [5.41, 5.74) is 2.70. The van der Waals surface area contributed by atoms with Gasteiger partial charge in [0.2, 0.25) is 5.91 Å². The Morgan fingerprint density at radius 2 is 1.77 bits per heavy atom. The molecule has 0 saturated heterocycles. The molecule has 6 heteroatoms. The minimum absolute atomic E-state index is 0.153. The van der Waals surface area contributed by atoms with Crippen molar-refractivity contribution in [3.8, 4) is 0 Å². The molecule has 30 heavy (non-hydrogen) atoms. The SMILES string of the molecule is CN(C)c1ccc(NC(=O)c2ccccc2Cl)cc1CN(C(=O)C(C)(C)C)C1CC1. The number of hydrogen-bond acceptors (Lipinski definition) is 3. The first-order chi connectivity index (χ1) is 14.1. The zero-order valence-electron chi connectivity index (χ0n) is 18.3. The van der Waals surface area contributed by atoms with Crippen molar-refractivity contribution in [2.45, 2.75) is 46.2 Å². The molecule has 0 spiro atoms. The van der Waals surface area contributed by atoms with Crippen molar-refractivity contribution in [2.75, 3.05) is 24.3 Å². The topological polar surface area (TPSA) is 52.7 Å². The van der Waals surface area contributed by atoms with Gasteiger partial charge < -0.3 is 15.1 Å². The van der Waals surface area contributed by atoms with Crippen molar-refractivity contribution >= 4 is 34.8 Å². The summed E-state index contributed by atoms with van der Waals surface area (Å²) in [6.45, 7) is 6.39. The fraction of sp³-hybridized carbons (Fsp3) is 0.417. The zero-order valence-corrected chi connectivity index (χ0v) is 19.1. The fourth-order valence-corrected chi connectivity index (χ4v) is 3.66. The van der Waals surface area contributed by atoms with E-state index in [1.807, 2.05) is 62.9 Å². The van der Waals surface area contributed by atoms with Gasteiger partial charge in [0, 0.05) is 43.5 Å². The summed E-state index contributed by atoms with van der Waals surface area (Å²) < 4.78 is 0. The van der Waals surface area contributed by atoms with Gasteiger partial charge in [-0.05, 0) is 48.7 Å². The molecule has 160 valence electrons. The smallest absolute Gasteiger partial charge is 0.257 e. The van der Waals surface area contributed by atoms with Gasteiger partial charge >= 0.3 is 0 Å². The van der Waals surface area contributed by atoms with Crippen LogP contribution in [0.4, 0.5) is 11.4 Å². The lowest BCUT2D eigenvalue weighted by Crippen LogP contribution is -2.40. The van der Waals surface area contributed by atoms with Crippen LogP contribution in [0, 0.1) is 5.41 Å². The summed E-state index contributed by atoms with van der Waals surface area (Å²) >= 11 is 6.16. The molecule has 1 aliphatic carbocycles. The fourth-order valence-electron chi connectivity index (χ4n) is 3.44. The summed E-state index contributed by atoms with van der Waals surface area (Å²) in [5, 5.41) is 3.35. The Hall–Kier alpha value is -2.53. The first kappa shape index (κ1) is 22.2. The Bertz CT molecular complexity index is 946. The lowest BCUT2D eigenvalue weighted by molar-refractivity contribution is -0.140. The summed E-state index contributed by atoms with van der Waals surface area (Å²) in [6, 6.07) is 13.1. The number of amides is 2. The van der Waals surface area contributed by atoms with Gasteiger partial charge in [-0.3, -0.25) is 9.59 Å². The first-order valence-electron chi connectivity index (χ1n) is 10.2. The summed E-state index contributed by atoms with van der Waals surface area (Å²) in [5.74, 6) is -0.103. The van der Waals surface area contributed by atoms with E-state index in [2.05, 4.69) is 5.32 Å². The van der Waals surface area contributed by atoms with Gasteiger partial charge in [0.1, 0.15) is 0 Å². The maximum absolute atomic E-state index is 13.0. The molecule has 0 aromatic heterocycles. The van der Waals surface area contributed by atoms with Crippen LogP contribution in [0.1, 0.15) is 49.5 Å². The van der Waals surface area contributed by atoms with Crippen molar-refractivity contribution < 1.29 is 9.59 Å². The molecule has 1 fully saturated rings. The maximum Gasteiger partial charge on any atom is 0.257 e. The van der Waals surface area contributed by atoms with E-state index in [-0.39, 0.29) is 11.8 Å². The second kappa shape index (κ2) is 8.68. The predicted octanol–water partition coefficient (Wildman–Crippen LogP) is 5.20. The van der Waals surface area contributed by atoms with Crippen molar-refractivity contribution in [1.29, 1.82) is 0 Å². The summed E-state index contributed by atoms with van der Waals surface area (Å²) in [7, 11) is 3.96. The van der Waals surface area contributed by atoms with Gasteiger partial charge in [-0.25, -0.2) is 0 Å². The van der Waals surface area contributed by atoms with Gasteiger partial charge in [0.15, 0.2) is 0 Å². The van der Waals surface area contributed by atoms with Crippen molar-refractivity contribution in [3.05, 3.63) is 58.6 Å². The van der Waals surface area contributed by atoms with Crippen LogP contribution in [0.25, 0.3) is 0 Å². The third-order valence-electron chi connectivity index (χ3n) is 5.17. The Balaban J connectivity index is 1.88. The Kier molecular flexibility index (Phi) is 6.41. The monoisotopic (exact) mass is 427 g/mol. The van der Waals surface area contributed by atoms with Crippen LogP contribution >= 0.6 is 11.6 Å². The highest BCUT2D eigenvalue weighted by Crippen LogP contribution is 2.34. The second-order valence-electron chi connectivity index (χ2n) is 9.09. The van der Waals surface area contributed by atoms with Crippen molar-refractivity contribution in [3.63, 3.8) is 0 Å². The summed E-state index contributed by atoms with van der Waals surface area (Å²) in [4.78, 5) is 29.7. The Morgan fingerprint density at radius 3 is 2.33 bits per heavy atom. The second-order valence-corrected chi connectivity index (χ2v) is 9.49. The van der Waals surface area contributed by atoms with Crippen LogP contribution in [0.3, 0.4) is 0 Å². The minimum atomic E-state index is -0.434. The van der Waals surface area contributed by atoms with E-state index >= 15 is 0 Å². The highest BCUT2D eigenvalue weighted by molar-refractivity contribution is 6.34. The van der Waals surface area contributed by atoms with E-state index in [0.29, 0.717) is 28.9 Å². The van der Waals surface area contributed by atoms with Crippen LogP contribution in [-0.2, 0) is 11.3 Å². The van der Waals surface area contributed by atoms with Crippen LogP contribution in [0.2, 0.25) is 5.02 Å². The average molecular weight is 428 g/mol. The molecule has 0 bridgehead atoms.